The first-order valence-corrected chi connectivity index (χ1v) is 9.19. The fraction of sp³-hybridized carbons (Fsp3) is 0.217. The normalized spacial score (nSPS) is 19.2. The lowest BCUT2D eigenvalue weighted by Gasteiger charge is -2.32. The Morgan fingerprint density at radius 2 is 1.74 bits per heavy atom. The average Bonchev–Trinajstić information content (AvgIpc) is 2.72. The number of Topliss-reactive ketones (excluding diaryl/α,β-unsaturated/α-hetero) is 1. The van der Waals surface area contributed by atoms with Gasteiger partial charge in [-0.1, -0.05) is 60.7 Å². The summed E-state index contributed by atoms with van der Waals surface area (Å²) in [6, 6.07) is 22.0. The molecule has 1 unspecified atom stereocenters. The van der Waals surface area contributed by atoms with Crippen LogP contribution >= 0.6 is 0 Å². The molecule has 0 amide bonds. The standard InChI is InChI=1S/C23H20N2O2/c24-14-18-21(17-10-5-2-6-11-17)22-19(26)12-7-13-20(22)27-23(18)25-15-16-8-3-1-4-9-16/h1-6,8-11,21,25H,7,12-13,15H2. The van der Waals surface area contributed by atoms with Crippen LogP contribution in [0.15, 0.2) is 83.5 Å². The third kappa shape index (κ3) is 3.37. The van der Waals surface area contributed by atoms with E-state index in [1.54, 1.807) is 0 Å². The number of hydrogen-bond acceptors (Lipinski definition) is 4. The summed E-state index contributed by atoms with van der Waals surface area (Å²) in [7, 11) is 0. The largest absolute Gasteiger partial charge is 0.444 e. The highest BCUT2D eigenvalue weighted by Gasteiger charge is 2.38. The zero-order valence-corrected chi connectivity index (χ0v) is 14.9. The van der Waals surface area contributed by atoms with Gasteiger partial charge in [0, 0.05) is 25.0 Å². The molecule has 0 bridgehead atoms. The second-order valence-corrected chi connectivity index (χ2v) is 6.75. The van der Waals surface area contributed by atoms with Crippen LogP contribution in [0.25, 0.3) is 0 Å². The topological polar surface area (TPSA) is 62.1 Å². The Morgan fingerprint density at radius 3 is 2.44 bits per heavy atom. The molecule has 2 aliphatic rings. The highest BCUT2D eigenvalue weighted by atomic mass is 16.5. The Morgan fingerprint density at radius 1 is 1.04 bits per heavy atom. The van der Waals surface area contributed by atoms with Crippen molar-refractivity contribution in [2.45, 2.75) is 31.7 Å². The number of nitriles is 1. The maximum Gasteiger partial charge on any atom is 0.208 e. The predicted molar refractivity (Wildman–Crippen MR) is 102 cm³/mol. The van der Waals surface area contributed by atoms with Crippen molar-refractivity contribution in [1.29, 1.82) is 5.26 Å². The van der Waals surface area contributed by atoms with Gasteiger partial charge < -0.3 is 10.1 Å². The zero-order valence-electron chi connectivity index (χ0n) is 14.9. The van der Waals surface area contributed by atoms with E-state index in [4.69, 9.17) is 4.74 Å². The van der Waals surface area contributed by atoms with E-state index in [2.05, 4.69) is 11.4 Å². The first kappa shape index (κ1) is 17.1. The average molecular weight is 356 g/mol. The summed E-state index contributed by atoms with van der Waals surface area (Å²) < 4.78 is 6.04. The van der Waals surface area contributed by atoms with Crippen molar-refractivity contribution in [3.63, 3.8) is 0 Å². The molecule has 4 rings (SSSR count). The van der Waals surface area contributed by atoms with Crippen molar-refractivity contribution in [2.24, 2.45) is 0 Å². The number of ketones is 1. The number of ether oxygens (including phenoxy) is 1. The van der Waals surface area contributed by atoms with E-state index >= 15 is 0 Å². The molecule has 27 heavy (non-hydrogen) atoms. The van der Waals surface area contributed by atoms with Gasteiger partial charge in [0.2, 0.25) is 5.88 Å². The molecule has 2 aromatic carbocycles. The molecule has 0 radical (unpaired) electrons. The van der Waals surface area contributed by atoms with Crippen LogP contribution in [0, 0.1) is 11.3 Å². The van der Waals surface area contributed by atoms with Crippen LogP contribution in [0.5, 0.6) is 0 Å². The van der Waals surface area contributed by atoms with E-state index in [9.17, 15) is 10.1 Å². The predicted octanol–water partition coefficient (Wildman–Crippen LogP) is 4.33. The van der Waals surface area contributed by atoms with Crippen LogP contribution < -0.4 is 5.32 Å². The Bertz CT molecular complexity index is 953. The maximum absolute atomic E-state index is 12.7. The Balaban J connectivity index is 1.74. The minimum atomic E-state index is -0.369. The molecule has 2 aromatic rings. The third-order valence-corrected chi connectivity index (χ3v) is 5.00. The van der Waals surface area contributed by atoms with Gasteiger partial charge in [0.05, 0.1) is 5.92 Å². The van der Waals surface area contributed by atoms with Gasteiger partial charge in [-0.2, -0.15) is 5.26 Å². The lowest BCUT2D eigenvalue weighted by atomic mass is 9.77. The van der Waals surface area contributed by atoms with Crippen molar-refractivity contribution >= 4 is 5.78 Å². The summed E-state index contributed by atoms with van der Waals surface area (Å²) >= 11 is 0. The molecule has 0 saturated carbocycles. The first-order chi connectivity index (χ1) is 13.3. The van der Waals surface area contributed by atoms with Gasteiger partial charge in [-0.05, 0) is 17.5 Å². The molecule has 4 nitrogen and oxygen atoms in total. The van der Waals surface area contributed by atoms with Gasteiger partial charge in [0.25, 0.3) is 0 Å². The first-order valence-electron chi connectivity index (χ1n) is 9.19. The van der Waals surface area contributed by atoms with Gasteiger partial charge >= 0.3 is 0 Å². The fourth-order valence-electron chi connectivity index (χ4n) is 3.72. The van der Waals surface area contributed by atoms with E-state index in [0.29, 0.717) is 35.8 Å². The summed E-state index contributed by atoms with van der Waals surface area (Å²) in [5.41, 5.74) is 3.15. The summed E-state index contributed by atoms with van der Waals surface area (Å²) in [5, 5.41) is 13.2. The van der Waals surface area contributed by atoms with Crippen LogP contribution in [-0.4, -0.2) is 5.78 Å². The molecule has 4 heteroatoms. The lowest BCUT2D eigenvalue weighted by Crippen LogP contribution is -2.29. The second kappa shape index (κ2) is 7.51. The molecule has 1 heterocycles. The summed E-state index contributed by atoms with van der Waals surface area (Å²) in [5.74, 6) is 0.879. The van der Waals surface area contributed by atoms with Gasteiger partial charge in [-0.15, -0.1) is 0 Å². The molecule has 1 aliphatic heterocycles. The highest BCUT2D eigenvalue weighted by Crippen LogP contribution is 2.43. The third-order valence-electron chi connectivity index (χ3n) is 5.00. The molecule has 1 N–H and O–H groups in total. The molecule has 0 fully saturated rings. The summed E-state index contributed by atoms with van der Waals surface area (Å²) in [6.45, 7) is 0.555. The Hall–Kier alpha value is -3.32. The van der Waals surface area contributed by atoms with Crippen LogP contribution in [-0.2, 0) is 16.1 Å². The molecular formula is C23H20N2O2. The minimum absolute atomic E-state index is 0.0833. The number of nitrogens with one attached hydrogen (secondary N) is 1. The molecular weight excluding hydrogens is 336 g/mol. The monoisotopic (exact) mass is 356 g/mol. The molecule has 1 aliphatic carbocycles. The maximum atomic E-state index is 12.7. The number of rotatable bonds is 4. The SMILES string of the molecule is N#CC1=C(NCc2ccccc2)OC2=C(C(=O)CCC2)C1c1ccccc1. The van der Waals surface area contributed by atoms with Crippen molar-refractivity contribution in [3.05, 3.63) is 94.6 Å². The van der Waals surface area contributed by atoms with E-state index in [1.807, 2.05) is 60.7 Å². The smallest absolute Gasteiger partial charge is 0.208 e. The van der Waals surface area contributed by atoms with Crippen molar-refractivity contribution in [1.82, 2.24) is 5.32 Å². The fourth-order valence-corrected chi connectivity index (χ4v) is 3.72. The zero-order chi connectivity index (χ0) is 18.6. The van der Waals surface area contributed by atoms with Gasteiger partial charge in [-0.3, -0.25) is 4.79 Å². The van der Waals surface area contributed by atoms with Gasteiger partial charge in [0.15, 0.2) is 5.78 Å². The molecule has 134 valence electrons. The van der Waals surface area contributed by atoms with Gasteiger partial charge in [-0.25, -0.2) is 0 Å². The van der Waals surface area contributed by atoms with E-state index in [-0.39, 0.29) is 11.7 Å². The quantitative estimate of drug-likeness (QED) is 0.885. The number of carbonyl (C=O) groups is 1. The molecule has 1 atom stereocenters. The molecule has 0 aromatic heterocycles. The summed E-state index contributed by atoms with van der Waals surface area (Å²) in [6.07, 6.45) is 2.02. The van der Waals surface area contributed by atoms with Gasteiger partial charge in [0.1, 0.15) is 17.4 Å². The summed E-state index contributed by atoms with van der Waals surface area (Å²) in [4.78, 5) is 12.7. The van der Waals surface area contributed by atoms with Crippen LogP contribution in [0.4, 0.5) is 0 Å². The van der Waals surface area contributed by atoms with Crippen molar-refractivity contribution < 1.29 is 9.53 Å². The number of carbonyl (C=O) groups excluding carboxylic acids is 1. The number of benzene rings is 2. The van der Waals surface area contributed by atoms with E-state index in [1.165, 1.54) is 0 Å². The van der Waals surface area contributed by atoms with E-state index < -0.39 is 0 Å². The Kier molecular flexibility index (Phi) is 4.76. The molecule has 0 spiro atoms. The van der Waals surface area contributed by atoms with Crippen LogP contribution in [0.1, 0.15) is 36.3 Å². The van der Waals surface area contributed by atoms with E-state index in [0.717, 1.165) is 24.0 Å². The van der Waals surface area contributed by atoms with Crippen LogP contribution in [0.2, 0.25) is 0 Å². The van der Waals surface area contributed by atoms with Crippen molar-refractivity contribution in [3.8, 4) is 6.07 Å². The van der Waals surface area contributed by atoms with Crippen molar-refractivity contribution in [2.75, 3.05) is 0 Å². The second-order valence-electron chi connectivity index (χ2n) is 6.75. The Labute approximate surface area is 158 Å². The number of allylic oxidation sites excluding steroid dienone is 3. The number of hydrogen-bond donors (Lipinski definition) is 1. The lowest BCUT2D eigenvalue weighted by molar-refractivity contribution is -0.116. The number of nitrogens with zero attached hydrogens (tertiary/aromatic N) is 1. The highest BCUT2D eigenvalue weighted by molar-refractivity contribution is 5.99. The minimum Gasteiger partial charge on any atom is -0.444 e. The van der Waals surface area contributed by atoms with Crippen LogP contribution in [0.3, 0.4) is 0 Å². The molecule has 0 saturated heterocycles.